The van der Waals surface area contributed by atoms with E-state index in [1.807, 2.05) is 24.3 Å². The van der Waals surface area contributed by atoms with Gasteiger partial charge in [-0.3, -0.25) is 0 Å². The lowest BCUT2D eigenvalue weighted by Gasteiger charge is -2.23. The third-order valence-electron chi connectivity index (χ3n) is 7.20. The number of hydrogen-bond donors (Lipinski definition) is 0. The largest absolute Gasteiger partial charge is 0.494 e. The summed E-state index contributed by atoms with van der Waals surface area (Å²) in [5.41, 5.74) is 3.19. The van der Waals surface area contributed by atoms with Crippen molar-refractivity contribution in [3.8, 4) is 45.3 Å². The van der Waals surface area contributed by atoms with Gasteiger partial charge in [-0.2, -0.15) is 8.78 Å². The SMILES string of the molecule is COc1cc(-c2ccc(N3CCCN(c4ccc(-c5cc(OC)c(F)c(OC)c5)cn4)CC3)nc2)cc(OC)c1F. The van der Waals surface area contributed by atoms with Crippen molar-refractivity contribution in [2.45, 2.75) is 6.42 Å². The monoisotopic (exact) mass is 562 g/mol. The van der Waals surface area contributed by atoms with E-state index in [4.69, 9.17) is 28.9 Å². The van der Waals surface area contributed by atoms with E-state index in [1.165, 1.54) is 28.4 Å². The Labute approximate surface area is 238 Å². The number of halogens is 2. The minimum Gasteiger partial charge on any atom is -0.494 e. The fraction of sp³-hybridized carbons (Fsp3) is 0.290. The van der Waals surface area contributed by atoms with Crippen LogP contribution in [-0.4, -0.2) is 64.6 Å². The molecule has 0 unspecified atom stereocenters. The summed E-state index contributed by atoms with van der Waals surface area (Å²) in [5, 5.41) is 0. The van der Waals surface area contributed by atoms with E-state index in [9.17, 15) is 8.78 Å². The van der Waals surface area contributed by atoms with Crippen LogP contribution in [0.4, 0.5) is 20.4 Å². The van der Waals surface area contributed by atoms with Crippen LogP contribution < -0.4 is 28.7 Å². The number of hydrogen-bond acceptors (Lipinski definition) is 8. The number of nitrogens with zero attached hydrogens (tertiary/aromatic N) is 4. The first-order valence-electron chi connectivity index (χ1n) is 13.2. The smallest absolute Gasteiger partial charge is 0.206 e. The van der Waals surface area contributed by atoms with E-state index < -0.39 is 11.6 Å². The van der Waals surface area contributed by atoms with E-state index in [0.717, 1.165) is 66.5 Å². The molecule has 10 heteroatoms. The normalized spacial score (nSPS) is 13.5. The summed E-state index contributed by atoms with van der Waals surface area (Å²) in [6.07, 6.45) is 4.50. The Kier molecular flexibility index (Phi) is 8.37. The number of rotatable bonds is 8. The first-order chi connectivity index (χ1) is 19.9. The Morgan fingerprint density at radius 2 is 0.902 bits per heavy atom. The molecule has 2 aromatic carbocycles. The zero-order valence-corrected chi connectivity index (χ0v) is 23.5. The van der Waals surface area contributed by atoms with Crippen LogP contribution in [0, 0.1) is 11.6 Å². The third kappa shape index (κ3) is 5.82. The van der Waals surface area contributed by atoms with Gasteiger partial charge in [0.25, 0.3) is 0 Å². The topological polar surface area (TPSA) is 69.2 Å². The maximum atomic E-state index is 14.3. The molecule has 0 bridgehead atoms. The van der Waals surface area contributed by atoms with Crippen molar-refractivity contribution in [2.75, 3.05) is 64.4 Å². The van der Waals surface area contributed by atoms with Crippen LogP contribution in [0.15, 0.2) is 60.9 Å². The molecule has 1 aliphatic rings. The molecular weight excluding hydrogens is 530 g/mol. The van der Waals surface area contributed by atoms with Gasteiger partial charge in [0, 0.05) is 49.7 Å². The van der Waals surface area contributed by atoms with Crippen molar-refractivity contribution in [2.24, 2.45) is 0 Å². The van der Waals surface area contributed by atoms with Crippen molar-refractivity contribution in [1.82, 2.24) is 9.97 Å². The average molecular weight is 563 g/mol. The molecule has 1 saturated heterocycles. The van der Waals surface area contributed by atoms with Gasteiger partial charge >= 0.3 is 0 Å². The van der Waals surface area contributed by atoms with Crippen LogP contribution in [0.25, 0.3) is 22.3 Å². The maximum Gasteiger partial charge on any atom is 0.206 e. The summed E-state index contributed by atoms with van der Waals surface area (Å²) in [5.74, 6) is 1.17. The van der Waals surface area contributed by atoms with E-state index in [0.29, 0.717) is 0 Å². The van der Waals surface area contributed by atoms with Crippen LogP contribution in [0.3, 0.4) is 0 Å². The number of methoxy groups -OCH3 is 4. The summed E-state index contributed by atoms with van der Waals surface area (Å²) in [6.45, 7) is 3.27. The molecule has 0 saturated carbocycles. The lowest BCUT2D eigenvalue weighted by Crippen LogP contribution is -2.31. The van der Waals surface area contributed by atoms with Crippen molar-refractivity contribution in [3.63, 3.8) is 0 Å². The molecule has 4 aromatic rings. The Balaban J connectivity index is 1.27. The molecule has 41 heavy (non-hydrogen) atoms. The van der Waals surface area contributed by atoms with Gasteiger partial charge in [0.05, 0.1) is 28.4 Å². The molecule has 8 nitrogen and oxygen atoms in total. The fourth-order valence-corrected chi connectivity index (χ4v) is 4.94. The molecule has 214 valence electrons. The van der Waals surface area contributed by atoms with E-state index in [1.54, 1.807) is 36.7 Å². The molecule has 3 heterocycles. The van der Waals surface area contributed by atoms with Crippen molar-refractivity contribution < 1.29 is 27.7 Å². The number of aromatic nitrogens is 2. The van der Waals surface area contributed by atoms with Crippen LogP contribution in [0.1, 0.15) is 6.42 Å². The first kappa shape index (κ1) is 27.9. The summed E-state index contributed by atoms with van der Waals surface area (Å²) >= 11 is 0. The minimum atomic E-state index is -0.530. The lowest BCUT2D eigenvalue weighted by molar-refractivity contribution is 0.351. The second-order valence-corrected chi connectivity index (χ2v) is 9.53. The first-order valence-corrected chi connectivity index (χ1v) is 13.2. The van der Waals surface area contributed by atoms with Gasteiger partial charge in [-0.05, 0) is 66.1 Å². The fourth-order valence-electron chi connectivity index (χ4n) is 4.94. The molecule has 0 N–H and O–H groups in total. The van der Waals surface area contributed by atoms with Crippen molar-refractivity contribution in [3.05, 3.63) is 72.6 Å². The molecule has 5 rings (SSSR count). The number of benzene rings is 2. The molecular formula is C31H32F2N4O4. The second kappa shape index (κ2) is 12.3. The Morgan fingerprint density at radius 1 is 0.537 bits per heavy atom. The predicted molar refractivity (Wildman–Crippen MR) is 155 cm³/mol. The summed E-state index contributed by atoms with van der Waals surface area (Å²) in [6, 6.07) is 14.4. The summed E-state index contributed by atoms with van der Waals surface area (Å²) in [4.78, 5) is 13.9. The third-order valence-corrected chi connectivity index (χ3v) is 7.20. The maximum absolute atomic E-state index is 14.3. The van der Waals surface area contributed by atoms with E-state index >= 15 is 0 Å². The highest BCUT2D eigenvalue weighted by molar-refractivity contribution is 5.69. The van der Waals surface area contributed by atoms with Gasteiger partial charge in [0.2, 0.25) is 11.6 Å². The van der Waals surface area contributed by atoms with Gasteiger partial charge in [0.1, 0.15) is 11.6 Å². The Morgan fingerprint density at radius 3 is 1.20 bits per heavy atom. The molecule has 0 atom stereocenters. The van der Waals surface area contributed by atoms with Crippen LogP contribution >= 0.6 is 0 Å². The molecule has 0 spiro atoms. The number of anilines is 2. The van der Waals surface area contributed by atoms with Gasteiger partial charge in [-0.25, -0.2) is 9.97 Å². The average Bonchev–Trinajstić information content (AvgIpc) is 3.28. The van der Waals surface area contributed by atoms with Gasteiger partial charge in [0.15, 0.2) is 23.0 Å². The molecule has 0 amide bonds. The lowest BCUT2D eigenvalue weighted by atomic mass is 10.1. The zero-order valence-electron chi connectivity index (χ0n) is 23.5. The number of ether oxygens (including phenoxy) is 4. The molecule has 1 fully saturated rings. The molecule has 2 aromatic heterocycles. The second-order valence-electron chi connectivity index (χ2n) is 9.53. The van der Waals surface area contributed by atoms with Crippen molar-refractivity contribution in [1.29, 1.82) is 0 Å². The van der Waals surface area contributed by atoms with Gasteiger partial charge < -0.3 is 28.7 Å². The Bertz CT molecular complexity index is 1340. The predicted octanol–water partition coefficient (Wildman–Crippen LogP) is 5.84. The summed E-state index contributed by atoms with van der Waals surface area (Å²) in [7, 11) is 5.71. The van der Waals surface area contributed by atoms with Gasteiger partial charge in [-0.15, -0.1) is 0 Å². The Hall–Kier alpha value is -4.60. The van der Waals surface area contributed by atoms with Gasteiger partial charge in [-0.1, -0.05) is 0 Å². The molecule has 0 aliphatic carbocycles. The van der Waals surface area contributed by atoms with Crippen LogP contribution in [0.5, 0.6) is 23.0 Å². The van der Waals surface area contributed by atoms with Crippen LogP contribution in [0.2, 0.25) is 0 Å². The quantitative estimate of drug-likeness (QED) is 0.265. The number of pyridine rings is 2. The van der Waals surface area contributed by atoms with E-state index in [2.05, 4.69) is 9.80 Å². The minimum absolute atomic E-state index is 0.120. The highest BCUT2D eigenvalue weighted by Crippen LogP contribution is 2.35. The summed E-state index contributed by atoms with van der Waals surface area (Å²) < 4.78 is 49.3. The van der Waals surface area contributed by atoms with Crippen molar-refractivity contribution >= 4 is 11.6 Å². The van der Waals surface area contributed by atoms with E-state index in [-0.39, 0.29) is 23.0 Å². The zero-order chi connectivity index (χ0) is 28.9. The highest BCUT2D eigenvalue weighted by atomic mass is 19.1. The molecule has 1 aliphatic heterocycles. The standard InChI is InChI=1S/C31H32F2N4O4/c1-38-24-14-22(15-25(39-2)30(24)32)20-6-8-28(34-18-20)36-10-5-11-37(13-12-36)29-9-7-21(19-35-29)23-16-26(40-3)31(33)27(17-23)41-4/h6-9,14-19H,5,10-13H2,1-4H3. The highest BCUT2D eigenvalue weighted by Gasteiger charge is 2.19. The molecule has 0 radical (unpaired) electrons. The van der Waals surface area contributed by atoms with Crippen LogP contribution in [-0.2, 0) is 0 Å².